The second kappa shape index (κ2) is 7.91. The number of piperidine rings is 1. The van der Waals surface area contributed by atoms with Gasteiger partial charge in [0.2, 0.25) is 5.91 Å². The Hall–Kier alpha value is -1.69. The molecular weight excluding hydrogens is 392 g/mol. The van der Waals surface area contributed by atoms with Crippen molar-refractivity contribution < 1.29 is 4.79 Å². The van der Waals surface area contributed by atoms with Crippen molar-refractivity contribution in [3.63, 3.8) is 0 Å². The first kappa shape index (κ1) is 17.7. The first-order valence-corrected chi connectivity index (χ1v) is 10.5. The number of aromatic nitrogens is 2. The Morgan fingerprint density at radius 2 is 1.85 bits per heavy atom. The topological polar surface area (TPSA) is 58.1 Å². The Kier molecular flexibility index (Phi) is 5.38. The number of benzene rings is 1. The molecule has 1 N–H and O–H groups in total. The lowest BCUT2D eigenvalue weighted by Crippen LogP contribution is -2.46. The average molecular weight is 417 g/mol. The maximum atomic E-state index is 12.5. The number of anilines is 1. The minimum absolute atomic E-state index is 0.241. The van der Waals surface area contributed by atoms with Crippen molar-refractivity contribution in [3.8, 4) is 0 Å². The Morgan fingerprint density at radius 1 is 1.08 bits per heavy atom. The molecule has 0 bridgehead atoms. The summed E-state index contributed by atoms with van der Waals surface area (Å²) in [5.74, 6) is 1.51. The fourth-order valence-corrected chi connectivity index (χ4v) is 4.55. The van der Waals surface area contributed by atoms with Gasteiger partial charge in [-0.3, -0.25) is 4.79 Å². The molecule has 0 atom stereocenters. The summed E-state index contributed by atoms with van der Waals surface area (Å²) in [6, 6.07) is 6.40. The van der Waals surface area contributed by atoms with Gasteiger partial charge in [0.15, 0.2) is 0 Å². The number of nitrogens with zero attached hydrogens (tertiary/aromatic N) is 3. The molecule has 0 radical (unpaired) electrons. The largest absolute Gasteiger partial charge is 0.356 e. The summed E-state index contributed by atoms with van der Waals surface area (Å²) in [6.45, 7) is 1.82. The molecule has 1 aromatic carbocycles. The van der Waals surface area contributed by atoms with Crippen LogP contribution in [0.15, 0.2) is 29.0 Å². The van der Waals surface area contributed by atoms with E-state index in [2.05, 4.69) is 42.2 Å². The van der Waals surface area contributed by atoms with Crippen molar-refractivity contribution in [1.82, 2.24) is 15.3 Å². The Labute approximate surface area is 162 Å². The maximum absolute atomic E-state index is 12.5. The zero-order valence-corrected chi connectivity index (χ0v) is 16.5. The van der Waals surface area contributed by atoms with E-state index in [-0.39, 0.29) is 11.8 Å². The molecule has 138 valence electrons. The molecule has 0 unspecified atom stereocenters. The molecule has 26 heavy (non-hydrogen) atoms. The van der Waals surface area contributed by atoms with Crippen LogP contribution in [0, 0.1) is 5.92 Å². The van der Waals surface area contributed by atoms with Gasteiger partial charge < -0.3 is 10.2 Å². The zero-order valence-electron chi connectivity index (χ0n) is 15.0. The fourth-order valence-electron chi connectivity index (χ4n) is 4.19. The Morgan fingerprint density at radius 3 is 2.62 bits per heavy atom. The van der Waals surface area contributed by atoms with Gasteiger partial charge in [0.05, 0.1) is 5.52 Å². The van der Waals surface area contributed by atoms with Crippen LogP contribution >= 0.6 is 15.9 Å². The monoisotopic (exact) mass is 416 g/mol. The number of rotatable bonds is 3. The lowest BCUT2D eigenvalue weighted by Gasteiger charge is -2.34. The highest BCUT2D eigenvalue weighted by Crippen LogP contribution is 2.28. The number of fused-ring (bicyclic) bond motifs is 1. The number of hydrogen-bond acceptors (Lipinski definition) is 4. The predicted octanol–water partition coefficient (Wildman–Crippen LogP) is 4.06. The van der Waals surface area contributed by atoms with Crippen molar-refractivity contribution >= 4 is 38.6 Å². The van der Waals surface area contributed by atoms with Crippen molar-refractivity contribution in [2.75, 3.05) is 18.0 Å². The Balaban J connectivity index is 1.39. The fraction of sp³-hybridized carbons (Fsp3) is 0.550. The molecule has 2 fully saturated rings. The van der Waals surface area contributed by atoms with Gasteiger partial charge in [0.1, 0.15) is 12.1 Å². The molecular formula is C20H25BrN4O. The predicted molar refractivity (Wildman–Crippen MR) is 107 cm³/mol. The highest BCUT2D eigenvalue weighted by atomic mass is 79.9. The molecule has 2 aromatic rings. The molecule has 4 rings (SSSR count). The molecule has 1 saturated carbocycles. The van der Waals surface area contributed by atoms with Crippen molar-refractivity contribution in [2.45, 2.75) is 51.0 Å². The lowest BCUT2D eigenvalue weighted by molar-refractivity contribution is -0.126. The van der Waals surface area contributed by atoms with Crippen LogP contribution in [0.1, 0.15) is 44.9 Å². The lowest BCUT2D eigenvalue weighted by atomic mass is 9.88. The van der Waals surface area contributed by atoms with Crippen LogP contribution in [0.2, 0.25) is 0 Å². The highest BCUT2D eigenvalue weighted by Gasteiger charge is 2.26. The second-order valence-corrected chi connectivity index (χ2v) is 8.38. The third-order valence-corrected chi connectivity index (χ3v) is 6.19. The van der Waals surface area contributed by atoms with Crippen LogP contribution in [0.5, 0.6) is 0 Å². The van der Waals surface area contributed by atoms with Gasteiger partial charge in [-0.15, -0.1) is 0 Å². The first-order chi connectivity index (χ1) is 12.7. The van der Waals surface area contributed by atoms with Crippen molar-refractivity contribution in [3.05, 3.63) is 29.0 Å². The van der Waals surface area contributed by atoms with Crippen LogP contribution in [0.4, 0.5) is 5.82 Å². The molecule has 1 saturated heterocycles. The molecule has 6 heteroatoms. The van der Waals surface area contributed by atoms with Gasteiger partial charge in [-0.25, -0.2) is 9.97 Å². The van der Waals surface area contributed by atoms with E-state index in [4.69, 9.17) is 0 Å². The number of nitrogens with one attached hydrogen (secondary N) is 1. The van der Waals surface area contributed by atoms with E-state index in [1.165, 1.54) is 19.3 Å². The van der Waals surface area contributed by atoms with Gasteiger partial charge in [0.25, 0.3) is 0 Å². The van der Waals surface area contributed by atoms with Crippen LogP contribution in [-0.4, -0.2) is 35.0 Å². The summed E-state index contributed by atoms with van der Waals surface area (Å²) in [6.07, 6.45) is 9.39. The summed E-state index contributed by atoms with van der Waals surface area (Å²) < 4.78 is 1.04. The minimum Gasteiger partial charge on any atom is -0.356 e. The molecule has 1 amide bonds. The molecule has 2 aliphatic rings. The normalized spacial score (nSPS) is 19.7. The number of hydrogen-bond donors (Lipinski definition) is 1. The molecule has 1 aromatic heterocycles. The van der Waals surface area contributed by atoms with Gasteiger partial charge in [-0.1, -0.05) is 35.2 Å². The van der Waals surface area contributed by atoms with E-state index in [0.717, 1.165) is 60.0 Å². The van der Waals surface area contributed by atoms with Crippen molar-refractivity contribution in [2.24, 2.45) is 5.92 Å². The van der Waals surface area contributed by atoms with Crippen LogP contribution < -0.4 is 10.2 Å². The molecule has 0 spiro atoms. The number of carbonyl (C=O) groups is 1. The quantitative estimate of drug-likeness (QED) is 0.819. The van der Waals surface area contributed by atoms with Crippen LogP contribution in [0.3, 0.4) is 0 Å². The van der Waals surface area contributed by atoms with E-state index in [1.807, 2.05) is 12.1 Å². The first-order valence-electron chi connectivity index (χ1n) is 9.66. The van der Waals surface area contributed by atoms with E-state index in [0.29, 0.717) is 6.04 Å². The molecule has 5 nitrogen and oxygen atoms in total. The van der Waals surface area contributed by atoms with Gasteiger partial charge in [-0.2, -0.15) is 0 Å². The summed E-state index contributed by atoms with van der Waals surface area (Å²) >= 11 is 3.54. The molecule has 2 heterocycles. The summed E-state index contributed by atoms with van der Waals surface area (Å²) in [5.41, 5.74) is 0.964. The van der Waals surface area contributed by atoms with E-state index in [9.17, 15) is 4.79 Å². The van der Waals surface area contributed by atoms with E-state index < -0.39 is 0 Å². The van der Waals surface area contributed by atoms with Crippen LogP contribution in [0.25, 0.3) is 10.9 Å². The third-order valence-electron chi connectivity index (χ3n) is 5.69. The van der Waals surface area contributed by atoms with Gasteiger partial charge in [-0.05, 0) is 43.9 Å². The number of carbonyl (C=O) groups excluding carboxylic acids is 1. The van der Waals surface area contributed by atoms with E-state index in [1.54, 1.807) is 6.33 Å². The van der Waals surface area contributed by atoms with Gasteiger partial charge in [0, 0.05) is 34.9 Å². The summed E-state index contributed by atoms with van der Waals surface area (Å²) in [5, 5.41) is 4.38. The zero-order chi connectivity index (χ0) is 17.9. The van der Waals surface area contributed by atoms with Crippen molar-refractivity contribution in [1.29, 1.82) is 0 Å². The number of halogens is 1. The second-order valence-electron chi connectivity index (χ2n) is 7.46. The summed E-state index contributed by atoms with van der Waals surface area (Å²) in [4.78, 5) is 23.7. The van der Waals surface area contributed by atoms with Gasteiger partial charge >= 0.3 is 0 Å². The third kappa shape index (κ3) is 3.85. The molecule has 1 aliphatic heterocycles. The highest BCUT2D eigenvalue weighted by molar-refractivity contribution is 9.10. The standard InChI is InChI=1S/C20H25BrN4O/c21-15-6-7-18-17(12-15)19(23-13-22-18)25-10-8-16(9-11-25)24-20(26)14-4-2-1-3-5-14/h6-7,12-14,16H,1-5,8-11H2,(H,24,26). The summed E-state index contributed by atoms with van der Waals surface area (Å²) in [7, 11) is 0. The average Bonchev–Trinajstić information content (AvgIpc) is 2.69. The number of amides is 1. The Bertz CT molecular complexity index is 782. The smallest absolute Gasteiger partial charge is 0.223 e. The SMILES string of the molecule is O=C(NC1CCN(c2ncnc3ccc(Br)cc23)CC1)C1CCCCC1. The van der Waals surface area contributed by atoms with Crippen LogP contribution in [-0.2, 0) is 4.79 Å². The molecule has 1 aliphatic carbocycles. The van der Waals surface area contributed by atoms with E-state index >= 15 is 0 Å². The maximum Gasteiger partial charge on any atom is 0.223 e. The minimum atomic E-state index is 0.241.